The molecule has 0 aromatic rings. The topological polar surface area (TPSA) is 102 Å². The molecule has 2 N–H and O–H groups in total. The molecule has 0 aromatic carbocycles. The fourth-order valence-electron chi connectivity index (χ4n) is 3.70. The summed E-state index contributed by atoms with van der Waals surface area (Å²) in [6.07, 6.45) is 1.92. The van der Waals surface area contributed by atoms with Crippen LogP contribution in [-0.4, -0.2) is 46.3 Å². The summed E-state index contributed by atoms with van der Waals surface area (Å²) in [4.78, 5) is 24.3. The van der Waals surface area contributed by atoms with E-state index in [9.17, 15) is 19.8 Å². The molecule has 4 atom stereocenters. The first-order valence-corrected chi connectivity index (χ1v) is 8.67. The minimum Gasteiger partial charge on any atom is -0.454 e. The molecule has 26 heavy (non-hydrogen) atoms. The van der Waals surface area contributed by atoms with E-state index < -0.39 is 36.0 Å². The molecule has 3 heterocycles. The van der Waals surface area contributed by atoms with Gasteiger partial charge in [-0.2, -0.15) is 0 Å². The summed E-state index contributed by atoms with van der Waals surface area (Å²) in [5, 5.41) is 20.6. The van der Waals surface area contributed by atoms with E-state index in [0.29, 0.717) is 18.4 Å². The second-order valence-corrected chi connectivity index (χ2v) is 7.52. The summed E-state index contributed by atoms with van der Waals surface area (Å²) in [6.45, 7) is 8.16. The monoisotopic (exact) mass is 364 g/mol. The molecular formula is C19H24O7. The molecule has 0 aliphatic carbocycles. The molecule has 0 radical (unpaired) electrons. The Kier molecular flexibility index (Phi) is 4.58. The third-order valence-corrected chi connectivity index (χ3v) is 5.28. The molecule has 2 bridgehead atoms. The maximum atomic E-state index is 12.2. The summed E-state index contributed by atoms with van der Waals surface area (Å²) in [5.41, 5.74) is -0.235. The third-order valence-electron chi connectivity index (χ3n) is 5.28. The zero-order valence-electron chi connectivity index (χ0n) is 15.2. The van der Waals surface area contributed by atoms with Gasteiger partial charge in [0.1, 0.15) is 11.9 Å². The highest BCUT2D eigenvalue weighted by Crippen LogP contribution is 2.47. The largest absolute Gasteiger partial charge is 0.454 e. The lowest BCUT2D eigenvalue weighted by atomic mass is 9.86. The van der Waals surface area contributed by atoms with Gasteiger partial charge in [0.25, 0.3) is 0 Å². The van der Waals surface area contributed by atoms with Crippen molar-refractivity contribution in [1.29, 1.82) is 0 Å². The molecule has 1 fully saturated rings. The zero-order chi connectivity index (χ0) is 19.3. The van der Waals surface area contributed by atoms with Gasteiger partial charge >= 0.3 is 11.9 Å². The molecule has 0 unspecified atom stereocenters. The molecule has 1 saturated heterocycles. The predicted molar refractivity (Wildman–Crippen MR) is 90.4 cm³/mol. The van der Waals surface area contributed by atoms with E-state index in [1.54, 1.807) is 19.9 Å². The second-order valence-electron chi connectivity index (χ2n) is 7.52. The van der Waals surface area contributed by atoms with Crippen molar-refractivity contribution >= 4 is 11.9 Å². The van der Waals surface area contributed by atoms with Crippen molar-refractivity contribution in [3.63, 3.8) is 0 Å². The minimum absolute atomic E-state index is 0.0522. The molecule has 0 amide bonds. The number of fused-ring (bicyclic) bond motifs is 3. The number of aliphatic hydroxyl groups is 2. The molecule has 0 saturated carbocycles. The van der Waals surface area contributed by atoms with Crippen LogP contribution in [0, 0.1) is 5.92 Å². The van der Waals surface area contributed by atoms with E-state index >= 15 is 0 Å². The number of esters is 2. The first kappa shape index (κ1) is 18.8. The van der Waals surface area contributed by atoms with Gasteiger partial charge in [0.15, 0.2) is 5.79 Å². The first-order chi connectivity index (χ1) is 12.1. The van der Waals surface area contributed by atoms with Crippen molar-refractivity contribution in [1.82, 2.24) is 0 Å². The number of aliphatic hydroxyl groups excluding tert-OH is 1. The van der Waals surface area contributed by atoms with Crippen molar-refractivity contribution in [2.75, 3.05) is 6.61 Å². The van der Waals surface area contributed by atoms with Crippen molar-refractivity contribution < 1.29 is 34.0 Å². The van der Waals surface area contributed by atoms with Crippen molar-refractivity contribution in [2.45, 2.75) is 57.5 Å². The van der Waals surface area contributed by atoms with Gasteiger partial charge in [-0.05, 0) is 32.8 Å². The highest BCUT2D eigenvalue weighted by atomic mass is 16.6. The maximum absolute atomic E-state index is 12.2. The number of hydrogen-bond donors (Lipinski definition) is 2. The quantitative estimate of drug-likeness (QED) is 0.578. The molecule has 7 heteroatoms. The Hall–Kier alpha value is -1.96. The zero-order valence-corrected chi connectivity index (χ0v) is 15.2. The van der Waals surface area contributed by atoms with Gasteiger partial charge in [-0.25, -0.2) is 9.59 Å². The first-order valence-electron chi connectivity index (χ1n) is 8.67. The molecule has 3 rings (SSSR count). The van der Waals surface area contributed by atoms with Crippen LogP contribution in [0.1, 0.15) is 40.0 Å². The Bertz CT molecular complexity index is 734. The van der Waals surface area contributed by atoms with Gasteiger partial charge in [0.05, 0.1) is 17.8 Å². The van der Waals surface area contributed by atoms with E-state index in [4.69, 9.17) is 14.2 Å². The SMILES string of the molecule is C=C(C)C(=O)O[C@H]1C[C@@H](C)[C@]2(O)CC[C@](C)(C=C3OC(=O)C(CO)=C31)O2. The van der Waals surface area contributed by atoms with E-state index in [2.05, 4.69) is 6.58 Å². The second kappa shape index (κ2) is 6.33. The standard InChI is InChI=1S/C19H24O7/c1-10(2)16(21)24-13-7-11(3)19(23)6-5-18(4,26-19)8-14-15(13)12(9-20)17(22)25-14/h8,11,13,20,23H,1,5-7,9H2,2-4H3/t11-,13+,18-,19+/m1/s1. The van der Waals surface area contributed by atoms with Gasteiger partial charge in [0, 0.05) is 23.5 Å². The van der Waals surface area contributed by atoms with Crippen molar-refractivity contribution in [3.8, 4) is 0 Å². The minimum atomic E-state index is -1.37. The average molecular weight is 364 g/mol. The fraction of sp³-hybridized carbons (Fsp3) is 0.579. The number of rotatable bonds is 3. The van der Waals surface area contributed by atoms with E-state index in [1.165, 1.54) is 6.92 Å². The average Bonchev–Trinajstić information content (AvgIpc) is 3.03. The summed E-state index contributed by atoms with van der Waals surface area (Å²) in [7, 11) is 0. The van der Waals surface area contributed by atoms with Gasteiger partial charge in [-0.15, -0.1) is 0 Å². The van der Waals surface area contributed by atoms with Crippen LogP contribution >= 0.6 is 0 Å². The molecule has 0 aromatic heterocycles. The molecule has 3 aliphatic rings. The van der Waals surface area contributed by atoms with Crippen LogP contribution < -0.4 is 0 Å². The van der Waals surface area contributed by atoms with E-state index in [-0.39, 0.29) is 29.2 Å². The smallest absolute Gasteiger partial charge is 0.342 e. The molecule has 3 aliphatic heterocycles. The van der Waals surface area contributed by atoms with Gasteiger partial charge in [0.2, 0.25) is 0 Å². The Morgan fingerprint density at radius 2 is 2.15 bits per heavy atom. The molecule has 142 valence electrons. The maximum Gasteiger partial charge on any atom is 0.342 e. The van der Waals surface area contributed by atoms with E-state index in [1.807, 2.05) is 0 Å². The Morgan fingerprint density at radius 3 is 2.77 bits per heavy atom. The molecule has 7 nitrogen and oxygen atoms in total. The van der Waals surface area contributed by atoms with Crippen LogP contribution in [0.3, 0.4) is 0 Å². The lowest BCUT2D eigenvalue weighted by Gasteiger charge is -2.33. The number of carbonyl (C=O) groups is 2. The highest BCUT2D eigenvalue weighted by Gasteiger charge is 2.52. The predicted octanol–water partition coefficient (Wildman–Crippen LogP) is 1.50. The lowest BCUT2D eigenvalue weighted by molar-refractivity contribution is -0.238. The Balaban J connectivity index is 2.12. The van der Waals surface area contributed by atoms with Crippen LogP contribution in [0.15, 0.2) is 35.1 Å². The van der Waals surface area contributed by atoms with Crippen LogP contribution in [0.2, 0.25) is 0 Å². The Morgan fingerprint density at radius 1 is 1.46 bits per heavy atom. The van der Waals surface area contributed by atoms with Gasteiger partial charge < -0.3 is 24.4 Å². The summed E-state index contributed by atoms with van der Waals surface area (Å²) >= 11 is 0. The summed E-state index contributed by atoms with van der Waals surface area (Å²) in [6, 6.07) is 0. The van der Waals surface area contributed by atoms with Crippen LogP contribution in [0.5, 0.6) is 0 Å². The van der Waals surface area contributed by atoms with E-state index in [0.717, 1.165) is 0 Å². The molecule has 0 spiro atoms. The number of hydrogen-bond acceptors (Lipinski definition) is 7. The van der Waals surface area contributed by atoms with Crippen molar-refractivity contribution in [3.05, 3.63) is 35.1 Å². The van der Waals surface area contributed by atoms with Gasteiger partial charge in [-0.1, -0.05) is 13.5 Å². The van der Waals surface area contributed by atoms with Crippen LogP contribution in [0.25, 0.3) is 0 Å². The van der Waals surface area contributed by atoms with Crippen LogP contribution in [0.4, 0.5) is 0 Å². The van der Waals surface area contributed by atoms with Gasteiger partial charge in [-0.3, -0.25) is 0 Å². The van der Waals surface area contributed by atoms with Crippen LogP contribution in [-0.2, 0) is 23.8 Å². The Labute approximate surface area is 151 Å². The fourth-order valence-corrected chi connectivity index (χ4v) is 3.70. The summed E-state index contributed by atoms with van der Waals surface area (Å²) < 4.78 is 16.8. The lowest BCUT2D eigenvalue weighted by Crippen LogP contribution is -2.40. The highest BCUT2D eigenvalue weighted by molar-refractivity contribution is 5.95. The normalized spacial score (nSPS) is 36.5. The number of ether oxygens (including phenoxy) is 3. The number of carbonyl (C=O) groups excluding carboxylic acids is 2. The molecular weight excluding hydrogens is 340 g/mol. The third kappa shape index (κ3) is 3.11. The summed E-state index contributed by atoms with van der Waals surface area (Å²) in [5.74, 6) is -2.84. The van der Waals surface area contributed by atoms with Crippen molar-refractivity contribution in [2.24, 2.45) is 5.92 Å².